The molecule has 0 fully saturated rings. The predicted molar refractivity (Wildman–Crippen MR) is 50.5 cm³/mol. The van der Waals surface area contributed by atoms with E-state index in [4.69, 9.17) is 16.9 Å². The normalized spacial score (nSPS) is 9.77. The third kappa shape index (κ3) is 2.30. The van der Waals surface area contributed by atoms with E-state index < -0.39 is 0 Å². The fraction of sp³-hybridized carbons (Fsp3) is 0.375. The van der Waals surface area contributed by atoms with Gasteiger partial charge in [0.25, 0.3) is 0 Å². The predicted octanol–water partition coefficient (Wildman–Crippen LogP) is 1.82. The van der Waals surface area contributed by atoms with Crippen LogP contribution in [0.15, 0.2) is 6.33 Å². The summed E-state index contributed by atoms with van der Waals surface area (Å²) in [6, 6.07) is 2.16. The summed E-state index contributed by atoms with van der Waals surface area (Å²) in [5.74, 6) is 0.484. The second-order valence-electron chi connectivity index (χ2n) is 2.80. The smallest absolute Gasteiger partial charge is 0.152 e. The Balaban J connectivity index is 3.07. The molecule has 0 aliphatic rings. The molecule has 13 heavy (non-hydrogen) atoms. The first-order chi connectivity index (χ1) is 6.15. The van der Waals surface area contributed by atoms with E-state index in [1.54, 1.807) is 0 Å². The molecule has 0 atom stereocenters. The quantitative estimate of drug-likeness (QED) is 0.733. The van der Waals surface area contributed by atoms with Crippen LogP contribution in [-0.2, 0) is 0 Å². The summed E-state index contributed by atoms with van der Waals surface area (Å²) in [4.78, 5) is 7.63. The van der Waals surface area contributed by atoms with Crippen molar-refractivity contribution in [3.05, 3.63) is 17.0 Å². The third-order valence-electron chi connectivity index (χ3n) is 1.34. The van der Waals surface area contributed by atoms with E-state index in [0.717, 1.165) is 0 Å². The monoisotopic (exact) mass is 196 g/mol. The highest BCUT2D eigenvalue weighted by Crippen LogP contribution is 2.18. The van der Waals surface area contributed by atoms with Crippen molar-refractivity contribution < 1.29 is 0 Å². The number of aromatic nitrogens is 2. The Morgan fingerprint density at radius 1 is 1.54 bits per heavy atom. The van der Waals surface area contributed by atoms with Gasteiger partial charge in [0.1, 0.15) is 23.8 Å². The molecule has 0 spiro atoms. The molecule has 0 aliphatic heterocycles. The van der Waals surface area contributed by atoms with E-state index in [0.29, 0.717) is 5.82 Å². The zero-order valence-electron chi connectivity index (χ0n) is 7.37. The van der Waals surface area contributed by atoms with Gasteiger partial charge in [-0.3, -0.25) is 0 Å². The molecule has 1 aromatic heterocycles. The minimum Gasteiger partial charge on any atom is -0.367 e. The van der Waals surface area contributed by atoms with E-state index in [1.807, 2.05) is 19.9 Å². The molecular weight excluding hydrogens is 188 g/mol. The van der Waals surface area contributed by atoms with Crippen molar-refractivity contribution in [1.29, 1.82) is 5.26 Å². The summed E-state index contributed by atoms with van der Waals surface area (Å²) in [5, 5.41) is 11.9. The largest absolute Gasteiger partial charge is 0.367 e. The minimum absolute atomic E-state index is 0.181. The molecule has 4 nitrogen and oxygen atoms in total. The molecule has 1 rings (SSSR count). The molecule has 0 aliphatic carbocycles. The first-order valence-corrected chi connectivity index (χ1v) is 4.20. The van der Waals surface area contributed by atoms with Gasteiger partial charge in [-0.1, -0.05) is 11.6 Å². The van der Waals surface area contributed by atoms with Crippen LogP contribution < -0.4 is 5.32 Å². The maximum Gasteiger partial charge on any atom is 0.152 e. The Morgan fingerprint density at radius 3 is 2.77 bits per heavy atom. The molecule has 68 valence electrons. The van der Waals surface area contributed by atoms with Gasteiger partial charge in [-0.2, -0.15) is 5.26 Å². The molecule has 1 aromatic rings. The second kappa shape index (κ2) is 4.06. The zero-order valence-corrected chi connectivity index (χ0v) is 8.13. The van der Waals surface area contributed by atoms with Crippen molar-refractivity contribution in [2.24, 2.45) is 0 Å². The van der Waals surface area contributed by atoms with Crippen molar-refractivity contribution in [2.75, 3.05) is 5.32 Å². The standard InChI is InChI=1S/C8H9ClN4/c1-5(2)13-8-6(3-10)7(9)11-4-12-8/h4-5H,1-2H3,(H,11,12,13). The number of rotatable bonds is 2. The van der Waals surface area contributed by atoms with E-state index in [1.165, 1.54) is 6.33 Å². The molecule has 0 aromatic carbocycles. The molecule has 1 N–H and O–H groups in total. The van der Waals surface area contributed by atoms with E-state index in [2.05, 4.69) is 15.3 Å². The molecule has 0 unspecified atom stereocenters. The van der Waals surface area contributed by atoms with Crippen LogP contribution in [0.5, 0.6) is 0 Å². The maximum absolute atomic E-state index is 8.76. The summed E-state index contributed by atoms with van der Waals surface area (Å²) < 4.78 is 0. The van der Waals surface area contributed by atoms with Crippen LogP contribution in [0.1, 0.15) is 19.4 Å². The molecule has 0 bridgehead atoms. The molecule has 0 saturated carbocycles. The number of nitriles is 1. The van der Waals surface area contributed by atoms with Crippen molar-refractivity contribution in [3.63, 3.8) is 0 Å². The molecule has 0 radical (unpaired) electrons. The molecule has 0 amide bonds. The van der Waals surface area contributed by atoms with Crippen LogP contribution in [0.3, 0.4) is 0 Å². The number of nitrogens with one attached hydrogen (secondary N) is 1. The van der Waals surface area contributed by atoms with E-state index >= 15 is 0 Å². The van der Waals surface area contributed by atoms with Crippen LogP contribution >= 0.6 is 11.6 Å². The van der Waals surface area contributed by atoms with Gasteiger partial charge in [0.15, 0.2) is 5.15 Å². The topological polar surface area (TPSA) is 61.6 Å². The summed E-state index contributed by atoms with van der Waals surface area (Å²) in [7, 11) is 0. The maximum atomic E-state index is 8.76. The van der Waals surface area contributed by atoms with Gasteiger partial charge in [0.05, 0.1) is 0 Å². The highest BCUT2D eigenvalue weighted by Gasteiger charge is 2.09. The van der Waals surface area contributed by atoms with Crippen LogP contribution in [0.25, 0.3) is 0 Å². The summed E-state index contributed by atoms with van der Waals surface area (Å²) in [5.41, 5.74) is 0.290. The van der Waals surface area contributed by atoms with Gasteiger partial charge in [-0.05, 0) is 13.8 Å². The Hall–Kier alpha value is -1.34. The highest BCUT2D eigenvalue weighted by atomic mass is 35.5. The summed E-state index contributed by atoms with van der Waals surface area (Å²) in [6.07, 6.45) is 1.33. The number of nitrogens with zero attached hydrogens (tertiary/aromatic N) is 3. The minimum atomic E-state index is 0.181. The van der Waals surface area contributed by atoms with Crippen molar-refractivity contribution in [1.82, 2.24) is 9.97 Å². The van der Waals surface area contributed by atoms with Gasteiger partial charge in [-0.25, -0.2) is 9.97 Å². The van der Waals surface area contributed by atoms with Gasteiger partial charge in [0.2, 0.25) is 0 Å². The fourth-order valence-corrected chi connectivity index (χ4v) is 1.02. The molecular formula is C8H9ClN4. The van der Waals surface area contributed by atoms with Crippen molar-refractivity contribution >= 4 is 17.4 Å². The molecule has 5 heteroatoms. The number of anilines is 1. The first kappa shape index (κ1) is 9.75. The number of halogens is 1. The van der Waals surface area contributed by atoms with Crippen LogP contribution in [0.2, 0.25) is 5.15 Å². The third-order valence-corrected chi connectivity index (χ3v) is 1.62. The summed E-state index contributed by atoms with van der Waals surface area (Å²) in [6.45, 7) is 3.91. The average Bonchev–Trinajstić information content (AvgIpc) is 2.03. The van der Waals surface area contributed by atoms with Gasteiger partial charge in [-0.15, -0.1) is 0 Å². The Bertz CT molecular complexity index is 342. The molecule has 1 heterocycles. The lowest BCUT2D eigenvalue weighted by molar-refractivity contribution is 0.884. The first-order valence-electron chi connectivity index (χ1n) is 3.82. The number of hydrogen-bond donors (Lipinski definition) is 1. The number of hydrogen-bond acceptors (Lipinski definition) is 4. The Kier molecular flexibility index (Phi) is 3.04. The van der Waals surface area contributed by atoms with Crippen LogP contribution in [0.4, 0.5) is 5.82 Å². The van der Waals surface area contributed by atoms with E-state index in [9.17, 15) is 0 Å². The fourth-order valence-electron chi connectivity index (χ4n) is 0.846. The lowest BCUT2D eigenvalue weighted by Gasteiger charge is -2.09. The lowest BCUT2D eigenvalue weighted by atomic mass is 10.3. The highest BCUT2D eigenvalue weighted by molar-refractivity contribution is 6.30. The van der Waals surface area contributed by atoms with Gasteiger partial charge < -0.3 is 5.32 Å². The van der Waals surface area contributed by atoms with Crippen LogP contribution in [-0.4, -0.2) is 16.0 Å². The van der Waals surface area contributed by atoms with Crippen molar-refractivity contribution in [3.8, 4) is 6.07 Å². The van der Waals surface area contributed by atoms with Crippen LogP contribution in [0, 0.1) is 11.3 Å². The summed E-state index contributed by atoms with van der Waals surface area (Å²) >= 11 is 5.70. The van der Waals surface area contributed by atoms with Gasteiger partial charge >= 0.3 is 0 Å². The van der Waals surface area contributed by atoms with Gasteiger partial charge in [0, 0.05) is 6.04 Å². The van der Waals surface area contributed by atoms with E-state index in [-0.39, 0.29) is 16.8 Å². The Labute approximate surface area is 81.6 Å². The lowest BCUT2D eigenvalue weighted by Crippen LogP contribution is -2.12. The zero-order chi connectivity index (χ0) is 9.84. The Morgan fingerprint density at radius 2 is 2.23 bits per heavy atom. The SMILES string of the molecule is CC(C)Nc1ncnc(Cl)c1C#N. The average molecular weight is 197 g/mol. The molecule has 0 saturated heterocycles. The second-order valence-corrected chi connectivity index (χ2v) is 3.16. The van der Waals surface area contributed by atoms with Crippen molar-refractivity contribution in [2.45, 2.75) is 19.9 Å².